The normalized spacial score (nSPS) is 14.5. The number of aryl methyl sites for hydroxylation is 1. The molecular weight excluding hydrogens is 324 g/mol. The summed E-state index contributed by atoms with van der Waals surface area (Å²) >= 11 is 0. The summed E-state index contributed by atoms with van der Waals surface area (Å²) in [5.74, 6) is 0.0172. The molecule has 26 heavy (non-hydrogen) atoms. The van der Waals surface area contributed by atoms with Gasteiger partial charge in [0.05, 0.1) is 5.69 Å². The van der Waals surface area contributed by atoms with Crippen molar-refractivity contribution in [3.05, 3.63) is 71.9 Å². The molecule has 132 valence electrons. The van der Waals surface area contributed by atoms with Gasteiger partial charge >= 0.3 is 0 Å². The number of amides is 1. The maximum atomic E-state index is 12.8. The molecule has 1 amide bonds. The highest BCUT2D eigenvalue weighted by atomic mass is 16.2. The molecule has 0 radical (unpaired) electrons. The van der Waals surface area contributed by atoms with Crippen LogP contribution in [0.3, 0.4) is 0 Å². The minimum absolute atomic E-state index is 0.0172. The summed E-state index contributed by atoms with van der Waals surface area (Å²) in [5.41, 5.74) is 4.78. The molecular formula is C21H22N4O. The van der Waals surface area contributed by atoms with Gasteiger partial charge in [-0.2, -0.15) is 5.10 Å². The summed E-state index contributed by atoms with van der Waals surface area (Å²) in [5, 5.41) is 7.22. The Labute approximate surface area is 153 Å². The van der Waals surface area contributed by atoms with E-state index in [-0.39, 0.29) is 5.91 Å². The van der Waals surface area contributed by atoms with E-state index in [1.54, 1.807) is 0 Å². The molecule has 4 rings (SSSR count). The molecule has 5 heteroatoms. The summed E-state index contributed by atoms with van der Waals surface area (Å²) in [6.07, 6.45) is 0. The van der Waals surface area contributed by atoms with Crippen LogP contribution >= 0.6 is 0 Å². The van der Waals surface area contributed by atoms with Crippen molar-refractivity contribution < 1.29 is 4.79 Å². The average Bonchev–Trinajstić information content (AvgIpc) is 3.19. The molecule has 1 N–H and O–H groups in total. The number of anilines is 1. The van der Waals surface area contributed by atoms with Crippen molar-refractivity contribution in [2.45, 2.75) is 6.92 Å². The van der Waals surface area contributed by atoms with Crippen LogP contribution in [0, 0.1) is 6.92 Å². The maximum absolute atomic E-state index is 12.8. The van der Waals surface area contributed by atoms with E-state index in [9.17, 15) is 4.79 Å². The quantitative estimate of drug-likeness (QED) is 0.791. The molecule has 1 saturated heterocycles. The van der Waals surface area contributed by atoms with Crippen LogP contribution in [0.4, 0.5) is 5.69 Å². The molecule has 0 bridgehead atoms. The number of aromatic amines is 1. The number of piperazine rings is 1. The molecule has 2 heterocycles. The van der Waals surface area contributed by atoms with Gasteiger partial charge in [0.1, 0.15) is 5.69 Å². The first-order valence-electron chi connectivity index (χ1n) is 8.92. The summed E-state index contributed by atoms with van der Waals surface area (Å²) in [6.45, 7) is 5.17. The molecule has 0 saturated carbocycles. The van der Waals surface area contributed by atoms with Crippen LogP contribution in [0.1, 0.15) is 16.1 Å². The second kappa shape index (κ2) is 7.04. The lowest BCUT2D eigenvalue weighted by molar-refractivity contribution is 0.0741. The highest BCUT2D eigenvalue weighted by molar-refractivity contribution is 5.93. The Kier molecular flexibility index (Phi) is 4.44. The van der Waals surface area contributed by atoms with E-state index in [0.717, 1.165) is 24.3 Å². The van der Waals surface area contributed by atoms with E-state index in [4.69, 9.17) is 0 Å². The van der Waals surface area contributed by atoms with Gasteiger partial charge in [-0.3, -0.25) is 9.89 Å². The second-order valence-electron chi connectivity index (χ2n) is 6.65. The van der Waals surface area contributed by atoms with Crippen molar-refractivity contribution in [3.63, 3.8) is 0 Å². The van der Waals surface area contributed by atoms with E-state index < -0.39 is 0 Å². The summed E-state index contributed by atoms with van der Waals surface area (Å²) in [7, 11) is 0. The lowest BCUT2D eigenvalue weighted by atomic mass is 10.1. The first-order chi connectivity index (χ1) is 12.7. The third-order valence-corrected chi connectivity index (χ3v) is 4.84. The Bertz CT molecular complexity index is 878. The monoisotopic (exact) mass is 346 g/mol. The molecule has 0 atom stereocenters. The van der Waals surface area contributed by atoms with Gasteiger partial charge in [0.15, 0.2) is 0 Å². The zero-order valence-electron chi connectivity index (χ0n) is 14.9. The van der Waals surface area contributed by atoms with Crippen LogP contribution in [-0.2, 0) is 0 Å². The predicted molar refractivity (Wildman–Crippen MR) is 103 cm³/mol. The first kappa shape index (κ1) is 16.4. The number of benzene rings is 2. The molecule has 5 nitrogen and oxygen atoms in total. The number of rotatable bonds is 3. The minimum atomic E-state index is 0.0172. The van der Waals surface area contributed by atoms with Gasteiger partial charge in [-0.25, -0.2) is 0 Å². The average molecular weight is 346 g/mol. The van der Waals surface area contributed by atoms with Gasteiger partial charge in [0.2, 0.25) is 0 Å². The number of hydrogen-bond acceptors (Lipinski definition) is 3. The molecule has 0 unspecified atom stereocenters. The van der Waals surface area contributed by atoms with E-state index in [1.807, 2.05) is 53.4 Å². The van der Waals surface area contributed by atoms with Gasteiger partial charge in [-0.15, -0.1) is 0 Å². The largest absolute Gasteiger partial charge is 0.368 e. The van der Waals surface area contributed by atoms with Gasteiger partial charge in [-0.05, 0) is 25.1 Å². The zero-order valence-corrected chi connectivity index (χ0v) is 14.9. The fourth-order valence-corrected chi connectivity index (χ4v) is 3.28. The minimum Gasteiger partial charge on any atom is -0.368 e. The third-order valence-electron chi connectivity index (χ3n) is 4.84. The molecule has 1 aromatic heterocycles. The predicted octanol–water partition coefficient (Wildman–Crippen LogP) is 3.35. The number of aromatic nitrogens is 2. The number of carbonyl (C=O) groups excluding carboxylic acids is 1. The van der Waals surface area contributed by atoms with Crippen LogP contribution in [0.15, 0.2) is 60.7 Å². The fraction of sp³-hybridized carbons (Fsp3) is 0.238. The van der Waals surface area contributed by atoms with Crippen LogP contribution in [0.2, 0.25) is 0 Å². The lowest BCUT2D eigenvalue weighted by Gasteiger charge is -2.35. The molecule has 1 aliphatic rings. The van der Waals surface area contributed by atoms with Crippen LogP contribution < -0.4 is 4.90 Å². The van der Waals surface area contributed by atoms with E-state index >= 15 is 0 Å². The maximum Gasteiger partial charge on any atom is 0.272 e. The van der Waals surface area contributed by atoms with E-state index in [0.29, 0.717) is 18.8 Å². The summed E-state index contributed by atoms with van der Waals surface area (Å²) in [6, 6.07) is 20.3. The molecule has 1 aliphatic heterocycles. The molecule has 3 aromatic rings. The van der Waals surface area contributed by atoms with Gasteiger partial charge in [-0.1, -0.05) is 48.0 Å². The number of H-pyrrole nitrogens is 1. The lowest BCUT2D eigenvalue weighted by Crippen LogP contribution is -2.48. The van der Waals surface area contributed by atoms with Crippen molar-refractivity contribution in [2.24, 2.45) is 0 Å². The summed E-state index contributed by atoms with van der Waals surface area (Å²) < 4.78 is 0. The first-order valence-corrected chi connectivity index (χ1v) is 8.92. The topological polar surface area (TPSA) is 52.2 Å². The van der Waals surface area contributed by atoms with Crippen LogP contribution in [-0.4, -0.2) is 47.2 Å². The highest BCUT2D eigenvalue weighted by Crippen LogP contribution is 2.20. The SMILES string of the molecule is Cc1ccc(-c2cc(C(=O)N3CCN(c4ccccc4)CC3)[nH]n2)cc1. The Morgan fingerprint density at radius 2 is 1.65 bits per heavy atom. The van der Waals surface area contributed by atoms with Crippen molar-refractivity contribution in [1.29, 1.82) is 0 Å². The number of hydrogen-bond donors (Lipinski definition) is 1. The third kappa shape index (κ3) is 3.33. The Morgan fingerprint density at radius 1 is 0.962 bits per heavy atom. The van der Waals surface area contributed by atoms with Gasteiger partial charge in [0.25, 0.3) is 5.91 Å². The molecule has 2 aromatic carbocycles. The number of carbonyl (C=O) groups is 1. The molecule has 0 aliphatic carbocycles. The van der Waals surface area contributed by atoms with Crippen molar-refractivity contribution in [3.8, 4) is 11.3 Å². The van der Waals surface area contributed by atoms with E-state index in [2.05, 4.69) is 34.2 Å². The Hall–Kier alpha value is -3.08. The standard InChI is InChI=1S/C21H22N4O/c1-16-7-9-17(10-8-16)19-15-20(23-22-19)21(26)25-13-11-24(12-14-25)18-5-3-2-4-6-18/h2-10,15H,11-14H2,1H3,(H,22,23). The van der Waals surface area contributed by atoms with Crippen molar-refractivity contribution in [1.82, 2.24) is 15.1 Å². The smallest absolute Gasteiger partial charge is 0.272 e. The Balaban J connectivity index is 1.42. The molecule has 1 fully saturated rings. The summed E-state index contributed by atoms with van der Waals surface area (Å²) in [4.78, 5) is 17.0. The highest BCUT2D eigenvalue weighted by Gasteiger charge is 2.23. The fourth-order valence-electron chi connectivity index (χ4n) is 3.28. The number of nitrogens with zero attached hydrogens (tertiary/aromatic N) is 3. The second-order valence-corrected chi connectivity index (χ2v) is 6.65. The van der Waals surface area contributed by atoms with E-state index in [1.165, 1.54) is 11.3 Å². The van der Waals surface area contributed by atoms with Crippen molar-refractivity contribution in [2.75, 3.05) is 31.1 Å². The number of para-hydroxylation sites is 1. The van der Waals surface area contributed by atoms with Crippen molar-refractivity contribution >= 4 is 11.6 Å². The van der Waals surface area contributed by atoms with Crippen LogP contribution in [0.25, 0.3) is 11.3 Å². The zero-order chi connectivity index (χ0) is 17.9. The Morgan fingerprint density at radius 3 is 2.35 bits per heavy atom. The number of nitrogens with one attached hydrogen (secondary N) is 1. The van der Waals surface area contributed by atoms with Gasteiger partial charge < -0.3 is 9.80 Å². The van der Waals surface area contributed by atoms with Crippen LogP contribution in [0.5, 0.6) is 0 Å². The molecule has 0 spiro atoms. The van der Waals surface area contributed by atoms with Gasteiger partial charge in [0, 0.05) is 37.4 Å².